The van der Waals surface area contributed by atoms with Crippen LogP contribution in [0, 0.1) is 0 Å². The number of aromatic nitrogens is 2. The number of hydrogen-bond acceptors (Lipinski definition) is 4. The average molecular weight is 417 g/mol. The van der Waals surface area contributed by atoms with Crippen LogP contribution in [0.4, 0.5) is 11.5 Å². The third-order valence-corrected chi connectivity index (χ3v) is 5.33. The molecule has 1 atom stereocenters. The van der Waals surface area contributed by atoms with Crippen LogP contribution in [0.5, 0.6) is 0 Å². The van der Waals surface area contributed by atoms with E-state index in [0.717, 1.165) is 30.5 Å². The van der Waals surface area contributed by atoms with E-state index in [4.69, 9.17) is 39.5 Å². The second-order valence-corrected chi connectivity index (χ2v) is 7.47. The lowest BCUT2D eigenvalue weighted by atomic mass is 10.1. The van der Waals surface area contributed by atoms with Crippen LogP contribution in [0.3, 0.4) is 0 Å². The minimum absolute atomic E-state index is 0.00976. The Hall–Kier alpha value is -1.27. The summed E-state index contributed by atoms with van der Waals surface area (Å²) in [4.78, 5) is 19.3. The van der Waals surface area contributed by atoms with Gasteiger partial charge in [0.05, 0.1) is 10.7 Å². The highest BCUT2D eigenvalue weighted by Crippen LogP contribution is 2.40. The van der Waals surface area contributed by atoms with Crippen LogP contribution in [0.15, 0.2) is 23.1 Å². The fraction of sp³-hybridized carbons (Fsp3) is 0.444. The molecular weight excluding hydrogens is 397 g/mol. The fourth-order valence-corrected chi connectivity index (χ4v) is 4.20. The van der Waals surface area contributed by atoms with Crippen molar-refractivity contribution in [3.63, 3.8) is 0 Å². The molecule has 5 nitrogen and oxygen atoms in total. The van der Waals surface area contributed by atoms with E-state index in [0.29, 0.717) is 23.2 Å². The first-order valence-corrected chi connectivity index (χ1v) is 9.62. The number of methoxy groups -OCH3 is 1. The van der Waals surface area contributed by atoms with Crippen molar-refractivity contribution in [3.8, 4) is 0 Å². The van der Waals surface area contributed by atoms with Gasteiger partial charge in [0.1, 0.15) is 5.15 Å². The Kier molecular flexibility index (Phi) is 6.13. The first kappa shape index (κ1) is 19.5. The van der Waals surface area contributed by atoms with E-state index < -0.39 is 0 Å². The molecule has 1 unspecified atom stereocenters. The maximum atomic E-state index is 13.1. The van der Waals surface area contributed by atoms with Crippen molar-refractivity contribution < 1.29 is 4.74 Å². The van der Waals surface area contributed by atoms with Crippen molar-refractivity contribution in [1.29, 1.82) is 0 Å². The molecule has 0 N–H and O–H groups in total. The normalized spacial score (nSPS) is 14.6. The molecule has 0 bridgehead atoms. The van der Waals surface area contributed by atoms with Crippen LogP contribution in [0.1, 0.15) is 31.4 Å². The molecule has 2 heterocycles. The van der Waals surface area contributed by atoms with Gasteiger partial charge in [0.25, 0.3) is 5.56 Å². The zero-order valence-electron chi connectivity index (χ0n) is 14.6. The number of fused-ring (bicyclic) bond motifs is 1. The van der Waals surface area contributed by atoms with E-state index in [1.54, 1.807) is 23.9 Å². The van der Waals surface area contributed by atoms with Crippen LogP contribution < -0.4 is 10.5 Å². The number of anilines is 2. The molecule has 0 spiro atoms. The van der Waals surface area contributed by atoms with Gasteiger partial charge in [0.15, 0.2) is 0 Å². The molecule has 0 amide bonds. The second kappa shape index (κ2) is 8.17. The van der Waals surface area contributed by atoms with Gasteiger partial charge < -0.3 is 14.2 Å². The second-order valence-electron chi connectivity index (χ2n) is 6.24. The van der Waals surface area contributed by atoms with Gasteiger partial charge in [-0.2, -0.15) is 0 Å². The third kappa shape index (κ3) is 3.72. The van der Waals surface area contributed by atoms with Crippen molar-refractivity contribution in [3.05, 3.63) is 49.4 Å². The average Bonchev–Trinajstić information content (AvgIpc) is 3.02. The van der Waals surface area contributed by atoms with Crippen LogP contribution >= 0.6 is 34.8 Å². The Morgan fingerprint density at radius 1 is 1.31 bits per heavy atom. The van der Waals surface area contributed by atoms with Gasteiger partial charge in [-0.05, 0) is 37.0 Å². The van der Waals surface area contributed by atoms with Crippen molar-refractivity contribution in [2.75, 3.05) is 25.2 Å². The highest BCUT2D eigenvalue weighted by atomic mass is 35.5. The van der Waals surface area contributed by atoms with Crippen molar-refractivity contribution in [1.82, 2.24) is 9.55 Å². The summed E-state index contributed by atoms with van der Waals surface area (Å²) in [5, 5.41) is 1.36. The highest BCUT2D eigenvalue weighted by molar-refractivity contribution is 6.37. The van der Waals surface area contributed by atoms with Gasteiger partial charge in [0, 0.05) is 37.5 Å². The first-order chi connectivity index (χ1) is 12.5. The summed E-state index contributed by atoms with van der Waals surface area (Å²) in [6, 6.07) is 3.54. The van der Waals surface area contributed by atoms with E-state index in [1.807, 2.05) is 17.9 Å². The van der Waals surface area contributed by atoms with Gasteiger partial charge in [-0.15, -0.1) is 0 Å². The Morgan fingerprint density at radius 3 is 2.77 bits per heavy atom. The SMILES string of the molecule is CCC(CCOC)n1cc(Cl)nc(N2CCc3cc(Cl)cc(Cl)c32)c1=O. The van der Waals surface area contributed by atoms with Gasteiger partial charge in [0.2, 0.25) is 5.82 Å². The Balaban J connectivity index is 2.07. The number of ether oxygens (including phenoxy) is 1. The van der Waals surface area contributed by atoms with Gasteiger partial charge in [-0.25, -0.2) is 4.98 Å². The molecule has 0 fully saturated rings. The lowest BCUT2D eigenvalue weighted by Gasteiger charge is -2.23. The lowest BCUT2D eigenvalue weighted by molar-refractivity contribution is 0.176. The molecule has 1 aliphatic rings. The Bertz CT molecular complexity index is 869. The predicted octanol–water partition coefficient (Wildman–Crippen LogP) is 4.89. The van der Waals surface area contributed by atoms with Crippen molar-refractivity contribution >= 4 is 46.3 Å². The van der Waals surface area contributed by atoms with Crippen LogP contribution in [-0.2, 0) is 11.2 Å². The largest absolute Gasteiger partial charge is 0.385 e. The van der Waals surface area contributed by atoms with Crippen LogP contribution in [-0.4, -0.2) is 29.8 Å². The summed E-state index contributed by atoms with van der Waals surface area (Å²) in [5.41, 5.74) is 1.59. The summed E-state index contributed by atoms with van der Waals surface area (Å²) in [6.07, 6.45) is 3.84. The van der Waals surface area contributed by atoms with E-state index in [2.05, 4.69) is 4.98 Å². The summed E-state index contributed by atoms with van der Waals surface area (Å²) in [5.74, 6) is 0.288. The highest BCUT2D eigenvalue weighted by Gasteiger charge is 2.28. The summed E-state index contributed by atoms with van der Waals surface area (Å²) >= 11 is 18.7. The number of nitrogens with zero attached hydrogens (tertiary/aromatic N) is 3. The van der Waals surface area contributed by atoms with E-state index in [1.165, 1.54) is 0 Å². The number of halogens is 3. The van der Waals surface area contributed by atoms with Gasteiger partial charge in [-0.1, -0.05) is 41.7 Å². The maximum absolute atomic E-state index is 13.1. The molecule has 0 radical (unpaired) electrons. The number of hydrogen-bond donors (Lipinski definition) is 0. The Labute approximate surface area is 167 Å². The van der Waals surface area contributed by atoms with Gasteiger partial charge in [-0.3, -0.25) is 4.79 Å². The summed E-state index contributed by atoms with van der Waals surface area (Å²) < 4.78 is 6.82. The molecule has 3 rings (SSSR count). The topological polar surface area (TPSA) is 47.4 Å². The molecule has 1 aromatic carbocycles. The first-order valence-electron chi connectivity index (χ1n) is 8.49. The number of benzene rings is 1. The maximum Gasteiger partial charge on any atom is 0.294 e. The molecule has 1 aliphatic heterocycles. The standard InChI is InChI=1S/C18H20Cl3N3O2/c1-3-13(5-7-26-2)24-10-15(21)22-17(18(24)25)23-6-4-11-8-12(19)9-14(20)16(11)23/h8-10,13H,3-7H2,1-2H3. The minimum Gasteiger partial charge on any atom is -0.385 e. The monoisotopic (exact) mass is 415 g/mol. The molecule has 140 valence electrons. The third-order valence-electron chi connectivity index (χ3n) is 4.64. The minimum atomic E-state index is -0.184. The summed E-state index contributed by atoms with van der Waals surface area (Å²) in [7, 11) is 1.65. The van der Waals surface area contributed by atoms with Crippen LogP contribution in [0.2, 0.25) is 15.2 Å². The molecule has 0 saturated carbocycles. The lowest BCUT2D eigenvalue weighted by Crippen LogP contribution is -2.32. The Morgan fingerprint density at radius 2 is 2.08 bits per heavy atom. The van der Waals surface area contributed by atoms with Crippen LogP contribution in [0.25, 0.3) is 0 Å². The van der Waals surface area contributed by atoms with Crippen molar-refractivity contribution in [2.45, 2.75) is 32.2 Å². The zero-order valence-corrected chi connectivity index (χ0v) is 16.9. The van der Waals surface area contributed by atoms with Crippen molar-refractivity contribution in [2.24, 2.45) is 0 Å². The van der Waals surface area contributed by atoms with E-state index in [9.17, 15) is 4.79 Å². The zero-order chi connectivity index (χ0) is 18.8. The smallest absolute Gasteiger partial charge is 0.294 e. The molecular formula is C18H20Cl3N3O2. The molecule has 1 aromatic heterocycles. The molecule has 26 heavy (non-hydrogen) atoms. The quantitative estimate of drug-likeness (QED) is 0.673. The van der Waals surface area contributed by atoms with E-state index in [-0.39, 0.29) is 22.6 Å². The fourth-order valence-electron chi connectivity index (χ4n) is 3.38. The molecule has 8 heteroatoms. The van der Waals surface area contributed by atoms with E-state index >= 15 is 0 Å². The predicted molar refractivity (Wildman–Crippen MR) is 107 cm³/mol. The number of rotatable bonds is 6. The molecule has 0 saturated heterocycles. The molecule has 0 aliphatic carbocycles. The van der Waals surface area contributed by atoms with Gasteiger partial charge >= 0.3 is 0 Å². The summed E-state index contributed by atoms with van der Waals surface area (Å²) in [6.45, 7) is 3.20. The molecule has 2 aromatic rings.